The summed E-state index contributed by atoms with van der Waals surface area (Å²) >= 11 is 3.45. The van der Waals surface area contributed by atoms with Gasteiger partial charge in [-0.1, -0.05) is 22.0 Å². The van der Waals surface area contributed by atoms with Crippen LogP contribution in [0.2, 0.25) is 0 Å². The van der Waals surface area contributed by atoms with Crippen molar-refractivity contribution in [1.29, 1.82) is 5.26 Å². The Kier molecular flexibility index (Phi) is 4.18. The van der Waals surface area contributed by atoms with Crippen molar-refractivity contribution in [2.75, 3.05) is 5.32 Å². The number of rotatable bonds is 3. The van der Waals surface area contributed by atoms with Crippen LogP contribution in [0.3, 0.4) is 0 Å². The molecule has 0 unspecified atom stereocenters. The summed E-state index contributed by atoms with van der Waals surface area (Å²) in [5.41, 5.74) is 3.08. The van der Waals surface area contributed by atoms with Crippen LogP contribution in [-0.4, -0.2) is 0 Å². The van der Waals surface area contributed by atoms with Crippen LogP contribution in [0.25, 0.3) is 0 Å². The molecule has 0 amide bonds. The second-order valence-corrected chi connectivity index (χ2v) is 5.10. The van der Waals surface area contributed by atoms with Crippen LogP contribution < -0.4 is 5.32 Å². The SMILES string of the molecule is Cc1cc(NCc2ccc(F)c(C#N)c2)ccc1Br. The molecule has 0 heterocycles. The molecule has 0 bridgehead atoms. The Hall–Kier alpha value is -1.86. The molecule has 0 atom stereocenters. The monoisotopic (exact) mass is 318 g/mol. The maximum atomic E-state index is 13.2. The molecular weight excluding hydrogens is 307 g/mol. The average molecular weight is 319 g/mol. The summed E-state index contributed by atoms with van der Waals surface area (Å²) in [6.45, 7) is 2.57. The van der Waals surface area contributed by atoms with Gasteiger partial charge in [-0.15, -0.1) is 0 Å². The van der Waals surface area contributed by atoms with Crippen LogP contribution in [-0.2, 0) is 6.54 Å². The van der Waals surface area contributed by atoms with Gasteiger partial charge in [0.15, 0.2) is 0 Å². The second kappa shape index (κ2) is 5.85. The van der Waals surface area contributed by atoms with E-state index in [1.54, 1.807) is 12.1 Å². The van der Waals surface area contributed by atoms with Crippen molar-refractivity contribution >= 4 is 21.6 Å². The second-order valence-electron chi connectivity index (χ2n) is 4.24. The van der Waals surface area contributed by atoms with Gasteiger partial charge in [-0.25, -0.2) is 4.39 Å². The zero-order valence-corrected chi connectivity index (χ0v) is 12.0. The number of nitriles is 1. The third-order valence-electron chi connectivity index (χ3n) is 2.81. The molecule has 0 aliphatic heterocycles. The fraction of sp³-hybridized carbons (Fsp3) is 0.133. The molecule has 0 aliphatic rings. The van der Waals surface area contributed by atoms with E-state index in [0.29, 0.717) is 6.54 Å². The van der Waals surface area contributed by atoms with E-state index in [2.05, 4.69) is 21.2 Å². The summed E-state index contributed by atoms with van der Waals surface area (Å²) in [5, 5.41) is 12.0. The van der Waals surface area contributed by atoms with E-state index >= 15 is 0 Å². The lowest BCUT2D eigenvalue weighted by Crippen LogP contribution is -2.00. The van der Waals surface area contributed by atoms with E-state index in [9.17, 15) is 4.39 Å². The van der Waals surface area contributed by atoms with Crippen molar-refractivity contribution in [3.8, 4) is 6.07 Å². The largest absolute Gasteiger partial charge is 0.381 e. The van der Waals surface area contributed by atoms with Crippen molar-refractivity contribution in [1.82, 2.24) is 0 Å². The number of nitrogens with one attached hydrogen (secondary N) is 1. The summed E-state index contributed by atoms with van der Waals surface area (Å²) in [7, 11) is 0. The Balaban J connectivity index is 2.10. The normalized spacial score (nSPS) is 10.0. The first-order valence-electron chi connectivity index (χ1n) is 5.78. The molecule has 0 spiro atoms. The molecule has 0 radical (unpaired) electrons. The molecule has 0 fully saturated rings. The lowest BCUT2D eigenvalue weighted by Gasteiger charge is -2.08. The van der Waals surface area contributed by atoms with Crippen LogP contribution in [0.4, 0.5) is 10.1 Å². The molecule has 2 rings (SSSR count). The summed E-state index contributed by atoms with van der Waals surface area (Å²) in [6, 6.07) is 12.4. The average Bonchev–Trinajstić information content (AvgIpc) is 2.41. The zero-order valence-electron chi connectivity index (χ0n) is 10.4. The fourth-order valence-electron chi connectivity index (χ4n) is 1.73. The topological polar surface area (TPSA) is 35.8 Å². The predicted octanol–water partition coefficient (Wildman–Crippen LogP) is 4.38. The molecule has 0 aromatic heterocycles. The van der Waals surface area contributed by atoms with Crippen molar-refractivity contribution in [2.24, 2.45) is 0 Å². The number of benzene rings is 2. The Morgan fingerprint density at radius 3 is 2.74 bits per heavy atom. The van der Waals surface area contributed by atoms with Gasteiger partial charge in [-0.2, -0.15) is 5.26 Å². The minimum Gasteiger partial charge on any atom is -0.381 e. The van der Waals surface area contributed by atoms with Gasteiger partial charge in [-0.05, 0) is 48.4 Å². The molecule has 4 heteroatoms. The van der Waals surface area contributed by atoms with E-state index in [1.807, 2.05) is 31.2 Å². The lowest BCUT2D eigenvalue weighted by molar-refractivity contribution is 0.623. The highest BCUT2D eigenvalue weighted by Gasteiger charge is 2.03. The summed E-state index contributed by atoms with van der Waals surface area (Å²) in [5.74, 6) is -0.481. The van der Waals surface area contributed by atoms with Crippen LogP contribution in [0.5, 0.6) is 0 Å². The fourth-order valence-corrected chi connectivity index (χ4v) is 1.97. The summed E-state index contributed by atoms with van der Waals surface area (Å²) in [4.78, 5) is 0. The first kappa shape index (κ1) is 13.6. The molecule has 19 heavy (non-hydrogen) atoms. The molecule has 0 aliphatic carbocycles. The van der Waals surface area contributed by atoms with E-state index in [-0.39, 0.29) is 5.56 Å². The van der Waals surface area contributed by atoms with Crippen LogP contribution >= 0.6 is 15.9 Å². The number of hydrogen-bond acceptors (Lipinski definition) is 2. The first-order valence-corrected chi connectivity index (χ1v) is 6.58. The highest BCUT2D eigenvalue weighted by atomic mass is 79.9. The highest BCUT2D eigenvalue weighted by molar-refractivity contribution is 9.10. The predicted molar refractivity (Wildman–Crippen MR) is 77.3 cm³/mol. The smallest absolute Gasteiger partial charge is 0.140 e. The van der Waals surface area contributed by atoms with Gasteiger partial charge in [0.05, 0.1) is 5.56 Å². The number of aryl methyl sites for hydroxylation is 1. The van der Waals surface area contributed by atoms with E-state index in [0.717, 1.165) is 21.3 Å². The molecule has 2 aromatic rings. The summed E-state index contributed by atoms with van der Waals surface area (Å²) < 4.78 is 14.2. The van der Waals surface area contributed by atoms with Gasteiger partial charge in [-0.3, -0.25) is 0 Å². The minimum atomic E-state index is -0.481. The zero-order chi connectivity index (χ0) is 13.8. The molecular formula is C15H12BrFN2. The Morgan fingerprint density at radius 1 is 1.26 bits per heavy atom. The number of halogens is 2. The van der Waals surface area contributed by atoms with E-state index in [4.69, 9.17) is 5.26 Å². The van der Waals surface area contributed by atoms with Crippen molar-refractivity contribution in [3.05, 3.63) is 63.4 Å². The van der Waals surface area contributed by atoms with Crippen molar-refractivity contribution in [3.63, 3.8) is 0 Å². The van der Waals surface area contributed by atoms with Gasteiger partial charge >= 0.3 is 0 Å². The molecule has 0 saturated heterocycles. The molecule has 96 valence electrons. The maximum absolute atomic E-state index is 13.2. The van der Waals surface area contributed by atoms with Crippen LogP contribution in [0.15, 0.2) is 40.9 Å². The molecule has 0 saturated carbocycles. The van der Waals surface area contributed by atoms with Crippen molar-refractivity contribution < 1.29 is 4.39 Å². The third-order valence-corrected chi connectivity index (χ3v) is 3.70. The van der Waals surface area contributed by atoms with Gasteiger partial charge < -0.3 is 5.32 Å². The Morgan fingerprint density at radius 2 is 2.05 bits per heavy atom. The van der Waals surface area contributed by atoms with Gasteiger partial charge in [0.25, 0.3) is 0 Å². The van der Waals surface area contributed by atoms with Crippen molar-refractivity contribution in [2.45, 2.75) is 13.5 Å². The Bertz CT molecular complexity index is 647. The highest BCUT2D eigenvalue weighted by Crippen LogP contribution is 2.20. The number of nitrogens with zero attached hydrogens (tertiary/aromatic N) is 1. The van der Waals surface area contributed by atoms with Gasteiger partial charge in [0.2, 0.25) is 0 Å². The molecule has 2 nitrogen and oxygen atoms in total. The minimum absolute atomic E-state index is 0.0753. The molecule has 1 N–H and O–H groups in total. The molecule has 2 aromatic carbocycles. The van der Waals surface area contributed by atoms with E-state index < -0.39 is 5.82 Å². The van der Waals surface area contributed by atoms with Gasteiger partial charge in [0, 0.05) is 16.7 Å². The first-order chi connectivity index (χ1) is 9.10. The van der Waals surface area contributed by atoms with Gasteiger partial charge in [0.1, 0.15) is 11.9 Å². The number of anilines is 1. The summed E-state index contributed by atoms with van der Waals surface area (Å²) in [6.07, 6.45) is 0. The third kappa shape index (κ3) is 3.33. The standard InChI is InChI=1S/C15H12BrFN2/c1-10-6-13(3-4-14(10)16)19-9-11-2-5-15(17)12(7-11)8-18/h2-7,19H,9H2,1H3. The maximum Gasteiger partial charge on any atom is 0.140 e. The lowest BCUT2D eigenvalue weighted by atomic mass is 10.1. The van der Waals surface area contributed by atoms with Crippen LogP contribution in [0.1, 0.15) is 16.7 Å². The Labute approximate surface area is 120 Å². The number of hydrogen-bond donors (Lipinski definition) is 1. The quantitative estimate of drug-likeness (QED) is 0.911. The van der Waals surface area contributed by atoms with Crippen LogP contribution in [0, 0.1) is 24.1 Å². The van der Waals surface area contributed by atoms with E-state index in [1.165, 1.54) is 6.07 Å².